The van der Waals surface area contributed by atoms with Gasteiger partial charge in [-0.25, -0.2) is 4.98 Å². The largest absolute Gasteiger partial charge is 0.497 e. The molecule has 6 heteroatoms. The summed E-state index contributed by atoms with van der Waals surface area (Å²) in [6.45, 7) is 2.12. The number of aryl methyl sites for hydroxylation is 1. The summed E-state index contributed by atoms with van der Waals surface area (Å²) in [4.78, 5) is 18.7. The van der Waals surface area contributed by atoms with Crippen molar-refractivity contribution in [3.05, 3.63) is 54.4 Å². The number of imidazole rings is 1. The van der Waals surface area contributed by atoms with Gasteiger partial charge in [-0.2, -0.15) is 0 Å². The highest BCUT2D eigenvalue weighted by Gasteiger charge is 2.31. The van der Waals surface area contributed by atoms with Crippen molar-refractivity contribution in [1.82, 2.24) is 14.5 Å². The zero-order valence-corrected chi connectivity index (χ0v) is 16.3. The van der Waals surface area contributed by atoms with Gasteiger partial charge in [-0.3, -0.25) is 4.79 Å². The minimum atomic E-state index is 0.143. The number of likely N-dealkylation sites (tertiary alicyclic amines) is 1. The van der Waals surface area contributed by atoms with E-state index in [4.69, 9.17) is 14.5 Å². The molecular formula is C22H25N3O3. The number of hydrogen-bond acceptors (Lipinski definition) is 4. The smallest absolute Gasteiger partial charge is 0.223 e. The Kier molecular flexibility index (Phi) is 5.19. The lowest BCUT2D eigenvalue weighted by molar-refractivity contribution is -0.126. The van der Waals surface area contributed by atoms with Crippen LogP contribution in [0, 0.1) is 0 Å². The van der Waals surface area contributed by atoms with E-state index in [2.05, 4.69) is 10.6 Å². The van der Waals surface area contributed by atoms with Gasteiger partial charge in [0.2, 0.25) is 5.91 Å². The van der Waals surface area contributed by atoms with Crippen molar-refractivity contribution in [2.75, 3.05) is 27.3 Å². The van der Waals surface area contributed by atoms with Crippen LogP contribution in [0.3, 0.4) is 0 Å². The highest BCUT2D eigenvalue weighted by Crippen LogP contribution is 2.30. The number of carbonyl (C=O) groups is 1. The van der Waals surface area contributed by atoms with Crippen molar-refractivity contribution in [3.63, 3.8) is 0 Å². The predicted molar refractivity (Wildman–Crippen MR) is 108 cm³/mol. The number of benzene rings is 2. The molecule has 28 heavy (non-hydrogen) atoms. The third kappa shape index (κ3) is 3.67. The van der Waals surface area contributed by atoms with Gasteiger partial charge in [-0.15, -0.1) is 0 Å². The van der Waals surface area contributed by atoms with E-state index < -0.39 is 0 Å². The van der Waals surface area contributed by atoms with Gasteiger partial charge >= 0.3 is 0 Å². The molecule has 1 atom stereocenters. The molecule has 1 aliphatic heterocycles. The Labute approximate surface area is 164 Å². The van der Waals surface area contributed by atoms with Crippen LogP contribution in [-0.2, 0) is 11.3 Å². The number of fused-ring (bicyclic) bond motifs is 1. The van der Waals surface area contributed by atoms with Crippen LogP contribution >= 0.6 is 0 Å². The van der Waals surface area contributed by atoms with E-state index in [1.165, 1.54) is 0 Å². The number of amides is 1. The van der Waals surface area contributed by atoms with Crippen molar-refractivity contribution >= 4 is 16.9 Å². The Morgan fingerprint density at radius 2 is 1.96 bits per heavy atom. The van der Waals surface area contributed by atoms with E-state index in [0.717, 1.165) is 47.9 Å². The Balaban J connectivity index is 1.48. The first-order chi connectivity index (χ1) is 13.7. The minimum absolute atomic E-state index is 0.143. The summed E-state index contributed by atoms with van der Waals surface area (Å²) in [6.07, 6.45) is 1.38. The minimum Gasteiger partial charge on any atom is -0.497 e. The van der Waals surface area contributed by atoms with Gasteiger partial charge in [0, 0.05) is 38.5 Å². The standard InChI is InChI=1S/C22H25N3O3/c1-24-15-16(13-21(24)26)22-23-19-9-3-4-10-20(19)25(22)11-6-12-28-18-8-5-7-17(14-18)27-2/h3-5,7-10,14,16H,6,11-13,15H2,1-2H3/t16-/m1/s1. The highest BCUT2D eigenvalue weighted by atomic mass is 16.5. The van der Waals surface area contributed by atoms with Crippen LogP contribution in [0.25, 0.3) is 11.0 Å². The Morgan fingerprint density at radius 1 is 1.14 bits per heavy atom. The normalized spacial score (nSPS) is 16.7. The van der Waals surface area contributed by atoms with Crippen LogP contribution in [0.1, 0.15) is 24.6 Å². The number of methoxy groups -OCH3 is 1. The first-order valence-corrected chi connectivity index (χ1v) is 9.61. The zero-order chi connectivity index (χ0) is 19.5. The molecule has 0 aliphatic carbocycles. The first-order valence-electron chi connectivity index (χ1n) is 9.61. The Hall–Kier alpha value is -3.02. The van der Waals surface area contributed by atoms with Crippen LogP contribution in [0.4, 0.5) is 0 Å². The molecule has 1 fully saturated rings. The molecule has 2 aromatic carbocycles. The first kappa shape index (κ1) is 18.3. The Bertz CT molecular complexity index is 982. The molecule has 0 saturated carbocycles. The summed E-state index contributed by atoms with van der Waals surface area (Å²) >= 11 is 0. The van der Waals surface area contributed by atoms with Crippen molar-refractivity contribution in [2.24, 2.45) is 0 Å². The molecular weight excluding hydrogens is 354 g/mol. The average Bonchev–Trinajstić information content (AvgIpc) is 3.25. The maximum absolute atomic E-state index is 12.0. The summed E-state index contributed by atoms with van der Waals surface area (Å²) < 4.78 is 13.4. The Morgan fingerprint density at radius 3 is 2.75 bits per heavy atom. The summed E-state index contributed by atoms with van der Waals surface area (Å²) in [5.41, 5.74) is 2.09. The molecule has 1 aromatic heterocycles. The average molecular weight is 379 g/mol. The van der Waals surface area contributed by atoms with E-state index in [1.54, 1.807) is 12.0 Å². The molecule has 0 radical (unpaired) electrons. The number of para-hydroxylation sites is 2. The second-order valence-corrected chi connectivity index (χ2v) is 7.17. The fraction of sp³-hybridized carbons (Fsp3) is 0.364. The molecule has 4 rings (SSSR count). The quantitative estimate of drug-likeness (QED) is 0.590. The number of hydrogen-bond donors (Lipinski definition) is 0. The summed E-state index contributed by atoms with van der Waals surface area (Å²) in [5, 5.41) is 0. The van der Waals surface area contributed by atoms with Crippen molar-refractivity contribution in [2.45, 2.75) is 25.3 Å². The lowest BCUT2D eigenvalue weighted by Crippen LogP contribution is -2.19. The highest BCUT2D eigenvalue weighted by molar-refractivity contribution is 5.80. The van der Waals surface area contributed by atoms with Gasteiger partial charge in [0.1, 0.15) is 17.3 Å². The second kappa shape index (κ2) is 7.92. The number of nitrogens with zero attached hydrogens (tertiary/aromatic N) is 3. The van der Waals surface area contributed by atoms with Crippen LogP contribution < -0.4 is 9.47 Å². The lowest BCUT2D eigenvalue weighted by atomic mass is 10.1. The van der Waals surface area contributed by atoms with Crippen LogP contribution in [0.15, 0.2) is 48.5 Å². The van der Waals surface area contributed by atoms with Crippen LogP contribution in [0.5, 0.6) is 11.5 Å². The number of likely N-dealkylation sites (N-methyl/N-ethyl adjacent to an activating group) is 1. The maximum atomic E-state index is 12.0. The van der Waals surface area contributed by atoms with E-state index in [-0.39, 0.29) is 11.8 Å². The van der Waals surface area contributed by atoms with E-state index in [9.17, 15) is 4.79 Å². The number of aromatic nitrogens is 2. The molecule has 1 saturated heterocycles. The number of ether oxygens (including phenoxy) is 2. The molecule has 3 aromatic rings. The number of carbonyl (C=O) groups excluding carboxylic acids is 1. The van der Waals surface area contributed by atoms with Gasteiger partial charge in [-0.1, -0.05) is 18.2 Å². The zero-order valence-electron chi connectivity index (χ0n) is 16.3. The summed E-state index contributed by atoms with van der Waals surface area (Å²) in [6, 6.07) is 15.8. The molecule has 1 aliphatic rings. The van der Waals surface area contributed by atoms with Gasteiger partial charge in [0.05, 0.1) is 24.8 Å². The van der Waals surface area contributed by atoms with Gasteiger partial charge in [0.25, 0.3) is 0 Å². The van der Waals surface area contributed by atoms with Crippen molar-refractivity contribution in [1.29, 1.82) is 0 Å². The maximum Gasteiger partial charge on any atom is 0.223 e. The van der Waals surface area contributed by atoms with Gasteiger partial charge in [-0.05, 0) is 30.7 Å². The van der Waals surface area contributed by atoms with Gasteiger partial charge in [0.15, 0.2) is 0 Å². The topological polar surface area (TPSA) is 56.6 Å². The fourth-order valence-electron chi connectivity index (χ4n) is 3.78. The van der Waals surface area contributed by atoms with Crippen LogP contribution in [0.2, 0.25) is 0 Å². The monoisotopic (exact) mass is 379 g/mol. The molecule has 0 bridgehead atoms. The summed E-state index contributed by atoms with van der Waals surface area (Å²) in [7, 11) is 3.51. The predicted octanol–water partition coefficient (Wildman–Crippen LogP) is 3.46. The fourth-order valence-corrected chi connectivity index (χ4v) is 3.78. The SMILES string of the molecule is COc1cccc(OCCCn2c([C@@H]3CC(=O)N(C)C3)nc3ccccc32)c1. The molecule has 1 amide bonds. The third-order valence-electron chi connectivity index (χ3n) is 5.23. The van der Waals surface area contributed by atoms with E-state index >= 15 is 0 Å². The van der Waals surface area contributed by atoms with E-state index in [0.29, 0.717) is 13.0 Å². The molecule has 0 spiro atoms. The molecule has 2 heterocycles. The molecule has 146 valence electrons. The van der Waals surface area contributed by atoms with E-state index in [1.807, 2.05) is 49.5 Å². The third-order valence-corrected chi connectivity index (χ3v) is 5.23. The molecule has 0 unspecified atom stereocenters. The van der Waals surface area contributed by atoms with Gasteiger partial charge < -0.3 is 18.9 Å². The lowest BCUT2D eigenvalue weighted by Gasteiger charge is -2.14. The molecule has 0 N–H and O–H groups in total. The molecule has 6 nitrogen and oxygen atoms in total. The second-order valence-electron chi connectivity index (χ2n) is 7.17. The van der Waals surface area contributed by atoms with Crippen molar-refractivity contribution < 1.29 is 14.3 Å². The van der Waals surface area contributed by atoms with Crippen molar-refractivity contribution in [3.8, 4) is 11.5 Å². The van der Waals surface area contributed by atoms with Crippen LogP contribution in [-0.4, -0.2) is 47.7 Å². The number of rotatable bonds is 7. The summed E-state index contributed by atoms with van der Waals surface area (Å²) in [5.74, 6) is 2.92.